The molecule has 0 heterocycles. The number of aliphatic hydroxyl groups excluding tert-OH is 1. The highest BCUT2D eigenvalue weighted by molar-refractivity contribution is 6.30. The van der Waals surface area contributed by atoms with Crippen LogP contribution in [0.5, 0.6) is 17.2 Å². The maximum Gasteiger partial charge on any atom is 0.411 e. The van der Waals surface area contributed by atoms with Crippen LogP contribution in [0, 0.1) is 0 Å². The lowest BCUT2D eigenvalue weighted by atomic mass is 9.73. The number of phenols is 2. The third-order valence-corrected chi connectivity index (χ3v) is 6.69. The van der Waals surface area contributed by atoms with Gasteiger partial charge in [-0.25, -0.2) is 4.79 Å². The van der Waals surface area contributed by atoms with E-state index in [9.17, 15) is 39.6 Å². The first-order valence-electron chi connectivity index (χ1n) is 11.9. The number of aliphatic hydroxyl groups is 2. The predicted molar refractivity (Wildman–Crippen MR) is 134 cm³/mol. The summed E-state index contributed by atoms with van der Waals surface area (Å²) >= 11 is 0. The second-order valence-corrected chi connectivity index (χ2v) is 9.49. The molecule has 1 amide bonds. The molecule has 200 valence electrons. The number of aromatic hydroxyl groups is 2. The predicted octanol–water partition coefficient (Wildman–Crippen LogP) is 2.76. The summed E-state index contributed by atoms with van der Waals surface area (Å²) < 4.78 is 10.1. The fraction of sp³-hybridized carbons (Fsp3) is 0.214. The van der Waals surface area contributed by atoms with E-state index in [0.717, 1.165) is 0 Å². The molecule has 5 N–H and O–H groups in total. The number of rotatable bonds is 4. The molecule has 0 bridgehead atoms. The summed E-state index contributed by atoms with van der Waals surface area (Å²) in [4.78, 5) is 49.8. The molecule has 3 aromatic carbocycles. The first-order valence-corrected chi connectivity index (χ1v) is 11.9. The van der Waals surface area contributed by atoms with Crippen LogP contribution in [0.15, 0.2) is 48.5 Å². The zero-order chi connectivity index (χ0) is 28.1. The topological polar surface area (TPSA) is 180 Å². The normalized spacial score (nSPS) is 19.4. The van der Waals surface area contributed by atoms with Crippen molar-refractivity contribution in [3.63, 3.8) is 0 Å². The minimum atomic E-state index is -1.89. The SMILES string of the molecule is CC(=O)Oc1cccc(NC(=O)OC[C@]2(O)Cc3c(O)c4c(c(O)c3[C@@H](O)C2)C(=O)c2ccccc2C4=O)c1. The zero-order valence-electron chi connectivity index (χ0n) is 20.6. The number of carbonyl (C=O) groups excluding carboxylic acids is 4. The molecule has 0 unspecified atom stereocenters. The third kappa shape index (κ3) is 4.58. The van der Waals surface area contributed by atoms with Crippen LogP contribution in [0.2, 0.25) is 0 Å². The maximum atomic E-state index is 13.2. The number of anilines is 1. The Morgan fingerprint density at radius 3 is 2.28 bits per heavy atom. The molecule has 2 atom stereocenters. The molecule has 11 nitrogen and oxygen atoms in total. The highest BCUT2D eigenvalue weighted by Crippen LogP contribution is 2.50. The fourth-order valence-electron chi connectivity index (χ4n) is 5.05. The van der Waals surface area contributed by atoms with Gasteiger partial charge in [-0.15, -0.1) is 0 Å². The van der Waals surface area contributed by atoms with Crippen LogP contribution >= 0.6 is 0 Å². The number of phenolic OH excluding ortho intramolecular Hbond substituents is 2. The second-order valence-electron chi connectivity index (χ2n) is 9.49. The summed E-state index contributed by atoms with van der Waals surface area (Å²) in [6.45, 7) is 0.609. The number of carbonyl (C=O) groups is 4. The zero-order valence-corrected chi connectivity index (χ0v) is 20.6. The van der Waals surface area contributed by atoms with E-state index in [1.54, 1.807) is 12.1 Å². The van der Waals surface area contributed by atoms with Crippen molar-refractivity contribution in [2.75, 3.05) is 11.9 Å². The molecular weight excluding hydrogens is 510 g/mol. The van der Waals surface area contributed by atoms with E-state index in [2.05, 4.69) is 5.32 Å². The number of esters is 1. The Labute approximate surface area is 221 Å². The van der Waals surface area contributed by atoms with Crippen LogP contribution in [-0.4, -0.2) is 56.3 Å². The van der Waals surface area contributed by atoms with Gasteiger partial charge in [-0.05, 0) is 12.1 Å². The summed E-state index contributed by atoms with van der Waals surface area (Å²) in [6.07, 6.45) is -3.31. The molecule has 0 radical (unpaired) electrons. The Bertz CT molecular complexity index is 1560. The van der Waals surface area contributed by atoms with Gasteiger partial charge in [0.1, 0.15) is 29.5 Å². The Kier molecular flexibility index (Phi) is 6.33. The van der Waals surface area contributed by atoms with Gasteiger partial charge in [-0.2, -0.15) is 0 Å². The maximum absolute atomic E-state index is 13.2. The summed E-state index contributed by atoms with van der Waals surface area (Å²) in [5, 5.41) is 46.5. The minimum Gasteiger partial charge on any atom is -0.507 e. The van der Waals surface area contributed by atoms with Gasteiger partial charge in [0.15, 0.2) is 11.6 Å². The molecule has 0 aromatic heterocycles. The van der Waals surface area contributed by atoms with Gasteiger partial charge < -0.3 is 29.9 Å². The van der Waals surface area contributed by atoms with Crippen molar-refractivity contribution in [1.29, 1.82) is 0 Å². The van der Waals surface area contributed by atoms with Crippen LogP contribution in [-0.2, 0) is 16.0 Å². The molecule has 2 aliphatic carbocycles. The molecule has 0 spiro atoms. The van der Waals surface area contributed by atoms with Gasteiger partial charge in [0.2, 0.25) is 0 Å². The van der Waals surface area contributed by atoms with Crippen molar-refractivity contribution in [1.82, 2.24) is 0 Å². The molecule has 39 heavy (non-hydrogen) atoms. The van der Waals surface area contributed by atoms with Crippen LogP contribution in [0.1, 0.15) is 62.4 Å². The summed E-state index contributed by atoms with van der Waals surface area (Å²) in [5.74, 6) is -3.01. The first kappa shape index (κ1) is 25.9. The number of hydrogen-bond acceptors (Lipinski definition) is 10. The molecule has 0 aliphatic heterocycles. The van der Waals surface area contributed by atoms with Crippen LogP contribution in [0.25, 0.3) is 0 Å². The van der Waals surface area contributed by atoms with E-state index >= 15 is 0 Å². The largest absolute Gasteiger partial charge is 0.507 e. The lowest BCUT2D eigenvalue weighted by Crippen LogP contribution is -2.43. The average molecular weight is 533 g/mol. The number of fused-ring (bicyclic) bond motifs is 3. The van der Waals surface area contributed by atoms with E-state index in [0.29, 0.717) is 0 Å². The van der Waals surface area contributed by atoms with Crippen molar-refractivity contribution in [3.05, 3.63) is 81.9 Å². The smallest absolute Gasteiger partial charge is 0.411 e. The molecule has 0 saturated heterocycles. The van der Waals surface area contributed by atoms with Crippen LogP contribution in [0.3, 0.4) is 0 Å². The molecule has 0 saturated carbocycles. The Morgan fingerprint density at radius 1 is 1.00 bits per heavy atom. The van der Waals surface area contributed by atoms with Gasteiger partial charge in [0.05, 0.1) is 17.2 Å². The number of hydrogen-bond donors (Lipinski definition) is 5. The van der Waals surface area contributed by atoms with Gasteiger partial charge in [-0.3, -0.25) is 19.7 Å². The van der Waals surface area contributed by atoms with E-state index in [-0.39, 0.29) is 33.7 Å². The Hall–Kier alpha value is -4.74. The molecule has 0 fully saturated rings. The Balaban J connectivity index is 1.39. The lowest BCUT2D eigenvalue weighted by molar-refractivity contribution is -0.131. The van der Waals surface area contributed by atoms with E-state index in [4.69, 9.17) is 9.47 Å². The van der Waals surface area contributed by atoms with E-state index in [1.807, 2.05) is 0 Å². The molecule has 11 heteroatoms. The molecule has 3 aromatic rings. The summed E-state index contributed by atoms with van der Waals surface area (Å²) in [6, 6.07) is 11.9. The van der Waals surface area contributed by atoms with Crippen molar-refractivity contribution >= 4 is 29.3 Å². The quantitative estimate of drug-likeness (QED) is 0.149. The van der Waals surface area contributed by atoms with Crippen LogP contribution in [0.4, 0.5) is 10.5 Å². The average Bonchev–Trinajstić information content (AvgIpc) is 2.88. The molecule has 5 rings (SSSR count). The number of benzene rings is 3. The third-order valence-electron chi connectivity index (χ3n) is 6.69. The highest BCUT2D eigenvalue weighted by atomic mass is 16.6. The summed E-state index contributed by atoms with van der Waals surface area (Å²) in [5.41, 5.74) is -2.67. The highest BCUT2D eigenvalue weighted by Gasteiger charge is 2.45. The number of ketones is 2. The first-order chi connectivity index (χ1) is 18.5. The molecular formula is C28H23NO10. The van der Waals surface area contributed by atoms with Crippen LogP contribution < -0.4 is 10.1 Å². The van der Waals surface area contributed by atoms with Crippen molar-refractivity contribution < 1.29 is 49.1 Å². The van der Waals surface area contributed by atoms with Crippen molar-refractivity contribution in [2.45, 2.75) is 31.5 Å². The standard InChI is InChI=1S/C28H23NO10/c1-13(30)39-15-6-4-5-14(9-15)29-27(36)38-12-28(37)10-18-20(19(31)11-28)26(35)22-21(25(18)34)23(32)16-7-2-3-8-17(16)24(22)33/h2-9,19,31,34-35,37H,10-12H2,1H3,(H,29,36)/t19-,28-/m0/s1. The van der Waals surface area contributed by atoms with Gasteiger partial charge in [0.25, 0.3) is 0 Å². The Morgan fingerprint density at radius 2 is 1.64 bits per heavy atom. The summed E-state index contributed by atoms with van der Waals surface area (Å²) in [7, 11) is 0. The lowest BCUT2D eigenvalue weighted by Gasteiger charge is -2.37. The van der Waals surface area contributed by atoms with Crippen molar-refractivity contribution in [3.8, 4) is 17.2 Å². The van der Waals surface area contributed by atoms with E-state index < -0.39 is 77.4 Å². The number of ether oxygens (including phenoxy) is 2. The minimum absolute atomic E-state index is 0.0500. The van der Waals surface area contributed by atoms with E-state index in [1.165, 1.54) is 43.3 Å². The monoisotopic (exact) mass is 533 g/mol. The van der Waals surface area contributed by atoms with Gasteiger partial charge in [-0.1, -0.05) is 30.3 Å². The molecule has 2 aliphatic rings. The number of nitrogens with one attached hydrogen (secondary N) is 1. The number of amides is 1. The fourth-order valence-corrected chi connectivity index (χ4v) is 5.05. The van der Waals surface area contributed by atoms with Gasteiger partial charge >= 0.3 is 12.1 Å². The second kappa shape index (κ2) is 9.53. The van der Waals surface area contributed by atoms with Gasteiger partial charge in [0, 0.05) is 53.8 Å². The van der Waals surface area contributed by atoms with Crippen molar-refractivity contribution in [2.24, 2.45) is 0 Å².